The molecule has 1 rings (SSSR count). The van der Waals surface area contributed by atoms with Crippen molar-refractivity contribution in [2.75, 3.05) is 0 Å². The summed E-state index contributed by atoms with van der Waals surface area (Å²) in [7, 11) is 0. The zero-order valence-electron chi connectivity index (χ0n) is 7.84. The van der Waals surface area contributed by atoms with Crippen molar-refractivity contribution in [3.8, 4) is 6.07 Å². The fraction of sp³-hybridized carbons (Fsp3) is 0.364. The second-order valence-electron chi connectivity index (χ2n) is 3.76. The molecule has 0 amide bonds. The summed E-state index contributed by atoms with van der Waals surface area (Å²) >= 11 is 2.31. The van der Waals surface area contributed by atoms with Gasteiger partial charge in [-0.05, 0) is 54.5 Å². The van der Waals surface area contributed by atoms with Gasteiger partial charge < -0.3 is 0 Å². The van der Waals surface area contributed by atoms with Crippen LogP contribution >= 0.6 is 22.6 Å². The fourth-order valence-corrected chi connectivity index (χ4v) is 1.74. The Morgan fingerprint density at radius 3 is 2.54 bits per heavy atom. The maximum atomic E-state index is 8.89. The lowest BCUT2D eigenvalue weighted by atomic mass is 9.87. The molecule has 68 valence electrons. The minimum Gasteiger partial charge on any atom is -0.198 e. The second-order valence-corrected chi connectivity index (χ2v) is 4.93. The number of nitrogens with zero attached hydrogens (tertiary/aromatic N) is 1. The smallest absolute Gasteiger partial charge is 0.0687 e. The second kappa shape index (κ2) is 4.10. The Morgan fingerprint density at radius 1 is 1.38 bits per heavy atom. The van der Waals surface area contributed by atoms with Gasteiger partial charge in [-0.3, -0.25) is 0 Å². The lowest BCUT2D eigenvalue weighted by Gasteiger charge is -2.15. The van der Waals surface area contributed by atoms with Crippen molar-refractivity contribution < 1.29 is 0 Å². The average molecular weight is 285 g/mol. The molecule has 0 fully saturated rings. The molecule has 1 aromatic rings. The molecule has 0 aliphatic heterocycles. The van der Waals surface area contributed by atoms with E-state index in [2.05, 4.69) is 40.8 Å². The van der Waals surface area contributed by atoms with Crippen LogP contribution in [-0.4, -0.2) is 0 Å². The van der Waals surface area contributed by atoms with E-state index in [1.165, 1.54) is 9.13 Å². The van der Waals surface area contributed by atoms with Crippen LogP contribution in [0.25, 0.3) is 0 Å². The predicted molar refractivity (Wildman–Crippen MR) is 62.3 cm³/mol. The molecule has 0 spiro atoms. The third-order valence-electron chi connectivity index (χ3n) is 1.89. The summed E-state index contributed by atoms with van der Waals surface area (Å²) in [6.07, 6.45) is 0.822. The maximum Gasteiger partial charge on any atom is 0.0687 e. The molecule has 13 heavy (non-hydrogen) atoms. The molecule has 0 radical (unpaired) electrons. The van der Waals surface area contributed by atoms with E-state index >= 15 is 0 Å². The van der Waals surface area contributed by atoms with Gasteiger partial charge in [-0.15, -0.1) is 0 Å². The van der Waals surface area contributed by atoms with Gasteiger partial charge in [0.15, 0.2) is 0 Å². The molecule has 2 heteroatoms. The molecule has 0 unspecified atom stereocenters. The molecule has 0 N–H and O–H groups in total. The van der Waals surface area contributed by atoms with Crippen LogP contribution in [0.3, 0.4) is 0 Å². The van der Waals surface area contributed by atoms with Crippen molar-refractivity contribution in [2.45, 2.75) is 20.3 Å². The minimum absolute atomic E-state index is 0.263. The molecule has 0 aromatic heterocycles. The highest BCUT2D eigenvalue weighted by Crippen LogP contribution is 2.23. The van der Waals surface area contributed by atoms with Crippen molar-refractivity contribution in [3.05, 3.63) is 33.4 Å². The first kappa shape index (κ1) is 10.5. The Kier molecular flexibility index (Phi) is 3.32. The zero-order chi connectivity index (χ0) is 9.90. The first-order chi connectivity index (χ1) is 6.05. The molecule has 0 heterocycles. The first-order valence-electron chi connectivity index (χ1n) is 4.20. The summed E-state index contributed by atoms with van der Waals surface area (Å²) in [6.45, 7) is 3.94. The van der Waals surface area contributed by atoms with Gasteiger partial charge in [0.25, 0.3) is 0 Å². The summed E-state index contributed by atoms with van der Waals surface area (Å²) in [5.74, 6) is 0. The Labute approximate surface area is 92.9 Å². The van der Waals surface area contributed by atoms with Crippen LogP contribution < -0.4 is 0 Å². The highest BCUT2D eigenvalue weighted by atomic mass is 127. The molecular formula is C11H12IN. The van der Waals surface area contributed by atoms with E-state index in [0.29, 0.717) is 0 Å². The molecule has 1 nitrogen and oxygen atoms in total. The Hall–Kier alpha value is -0.560. The van der Waals surface area contributed by atoms with E-state index in [4.69, 9.17) is 5.26 Å². The van der Waals surface area contributed by atoms with Crippen molar-refractivity contribution in [1.29, 1.82) is 5.26 Å². The molecule has 0 bridgehead atoms. The molecule has 0 aliphatic carbocycles. The molecular weight excluding hydrogens is 273 g/mol. The molecule has 1 aromatic carbocycles. The maximum absolute atomic E-state index is 8.89. The van der Waals surface area contributed by atoms with Crippen molar-refractivity contribution in [1.82, 2.24) is 0 Å². The Morgan fingerprint density at radius 2 is 2.00 bits per heavy atom. The summed E-state index contributed by atoms with van der Waals surface area (Å²) < 4.78 is 1.24. The normalized spacial score (nSPS) is 10.9. The van der Waals surface area contributed by atoms with Gasteiger partial charge >= 0.3 is 0 Å². The summed E-state index contributed by atoms with van der Waals surface area (Å²) in [4.78, 5) is 0. The van der Waals surface area contributed by atoms with E-state index in [-0.39, 0.29) is 5.41 Å². The summed E-state index contributed by atoms with van der Waals surface area (Å²) in [5.41, 5.74) is 0.996. The molecule has 0 saturated heterocycles. The van der Waals surface area contributed by atoms with Crippen LogP contribution in [0.15, 0.2) is 24.3 Å². The van der Waals surface area contributed by atoms with Crippen LogP contribution in [0.2, 0.25) is 0 Å². The number of nitriles is 1. The number of hydrogen-bond donors (Lipinski definition) is 0. The van der Waals surface area contributed by atoms with Crippen LogP contribution in [0.1, 0.15) is 19.4 Å². The van der Waals surface area contributed by atoms with Gasteiger partial charge in [-0.2, -0.15) is 5.26 Å². The van der Waals surface area contributed by atoms with Crippen molar-refractivity contribution >= 4 is 22.6 Å². The minimum atomic E-state index is -0.263. The zero-order valence-corrected chi connectivity index (χ0v) is 10.00. The topological polar surface area (TPSA) is 23.8 Å². The molecule has 0 aliphatic rings. The van der Waals surface area contributed by atoms with Gasteiger partial charge in [-0.25, -0.2) is 0 Å². The SMILES string of the molecule is CC(C)(C#N)Cc1ccccc1I. The van der Waals surface area contributed by atoms with Crippen LogP contribution in [0.5, 0.6) is 0 Å². The number of halogens is 1. The van der Waals surface area contributed by atoms with Crippen LogP contribution in [0.4, 0.5) is 0 Å². The van der Waals surface area contributed by atoms with Gasteiger partial charge in [0.1, 0.15) is 0 Å². The van der Waals surface area contributed by atoms with E-state index < -0.39 is 0 Å². The monoisotopic (exact) mass is 285 g/mol. The van der Waals surface area contributed by atoms with Gasteiger partial charge in [0.05, 0.1) is 11.5 Å². The number of benzene rings is 1. The van der Waals surface area contributed by atoms with Crippen LogP contribution in [-0.2, 0) is 6.42 Å². The van der Waals surface area contributed by atoms with Gasteiger partial charge in [0.2, 0.25) is 0 Å². The fourth-order valence-electron chi connectivity index (χ4n) is 1.16. The highest BCUT2D eigenvalue weighted by molar-refractivity contribution is 14.1. The Bertz CT molecular complexity index is 336. The standard InChI is InChI=1S/C11H12IN/c1-11(2,8-13)7-9-5-3-4-6-10(9)12/h3-6H,7H2,1-2H3. The van der Waals surface area contributed by atoms with Gasteiger partial charge in [-0.1, -0.05) is 18.2 Å². The van der Waals surface area contributed by atoms with E-state index in [1.54, 1.807) is 0 Å². The number of rotatable bonds is 2. The van der Waals surface area contributed by atoms with E-state index in [1.807, 2.05) is 26.0 Å². The van der Waals surface area contributed by atoms with Crippen molar-refractivity contribution in [2.24, 2.45) is 5.41 Å². The third-order valence-corrected chi connectivity index (χ3v) is 2.95. The van der Waals surface area contributed by atoms with Crippen molar-refractivity contribution in [3.63, 3.8) is 0 Å². The van der Waals surface area contributed by atoms with Gasteiger partial charge in [0, 0.05) is 3.57 Å². The highest BCUT2D eigenvalue weighted by Gasteiger charge is 2.18. The van der Waals surface area contributed by atoms with E-state index in [0.717, 1.165) is 6.42 Å². The average Bonchev–Trinajstić information content (AvgIpc) is 2.09. The Balaban J connectivity index is 2.88. The largest absolute Gasteiger partial charge is 0.198 e. The van der Waals surface area contributed by atoms with Crippen LogP contribution in [0, 0.1) is 20.3 Å². The molecule has 0 atom stereocenters. The first-order valence-corrected chi connectivity index (χ1v) is 5.28. The predicted octanol–water partition coefficient (Wildman–Crippen LogP) is 3.38. The molecule has 0 saturated carbocycles. The summed E-state index contributed by atoms with van der Waals surface area (Å²) in [6, 6.07) is 10.5. The quantitative estimate of drug-likeness (QED) is 0.764. The number of hydrogen-bond acceptors (Lipinski definition) is 1. The lowest BCUT2D eigenvalue weighted by molar-refractivity contribution is 0.492. The lowest BCUT2D eigenvalue weighted by Crippen LogP contribution is -2.12. The van der Waals surface area contributed by atoms with E-state index in [9.17, 15) is 0 Å². The third kappa shape index (κ3) is 3.00. The summed E-state index contributed by atoms with van der Waals surface area (Å²) in [5, 5.41) is 8.89.